The van der Waals surface area contributed by atoms with Gasteiger partial charge in [0, 0.05) is 29.9 Å². The molecule has 0 bridgehead atoms. The van der Waals surface area contributed by atoms with Gasteiger partial charge in [-0.05, 0) is 68.5 Å². The Morgan fingerprint density at radius 2 is 1.93 bits per heavy atom. The molecule has 0 radical (unpaired) electrons. The molecule has 0 atom stereocenters. The minimum Gasteiger partial charge on any atom is -0.367 e. The normalized spacial score (nSPS) is 20.2. The van der Waals surface area contributed by atoms with Crippen molar-refractivity contribution in [3.05, 3.63) is 59.7 Å². The molecule has 1 saturated carbocycles. The number of nitrogens with zero attached hydrogens (tertiary/aromatic N) is 3. The largest absolute Gasteiger partial charge is 0.367 e. The molecule has 3 N–H and O–H groups in total. The molecule has 27 heavy (non-hydrogen) atoms. The number of aromatic nitrogens is 3. The lowest BCUT2D eigenvalue weighted by Crippen LogP contribution is -2.33. The number of hydrogen-bond acceptors (Lipinski definition) is 5. The third-order valence-corrected chi connectivity index (χ3v) is 5.09. The summed E-state index contributed by atoms with van der Waals surface area (Å²) in [4.78, 5) is 13.7. The Bertz CT molecular complexity index is 944. The maximum absolute atomic E-state index is 6.05. The number of nitrogens with one attached hydrogen (secondary N) is 1. The van der Waals surface area contributed by atoms with Crippen LogP contribution in [0.4, 0.5) is 5.82 Å². The van der Waals surface area contributed by atoms with E-state index in [-0.39, 0.29) is 0 Å². The van der Waals surface area contributed by atoms with Gasteiger partial charge in [0.15, 0.2) is 5.82 Å². The van der Waals surface area contributed by atoms with Crippen LogP contribution in [0.1, 0.15) is 42.6 Å². The van der Waals surface area contributed by atoms with E-state index in [4.69, 9.17) is 15.7 Å². The number of rotatable bonds is 4. The van der Waals surface area contributed by atoms with E-state index in [0.717, 1.165) is 48.0 Å². The topological polar surface area (TPSA) is 76.7 Å². The zero-order valence-electron chi connectivity index (χ0n) is 15.6. The van der Waals surface area contributed by atoms with Gasteiger partial charge in [0.1, 0.15) is 5.82 Å². The van der Waals surface area contributed by atoms with Gasteiger partial charge in [-0.1, -0.05) is 17.7 Å². The smallest absolute Gasteiger partial charge is 0.154 e. The highest BCUT2D eigenvalue weighted by atomic mass is 15.1. The molecule has 1 aromatic carbocycles. The molecule has 0 aliphatic heterocycles. The Kier molecular flexibility index (Phi) is 5.12. The van der Waals surface area contributed by atoms with Gasteiger partial charge in [0.05, 0.1) is 5.52 Å². The highest BCUT2D eigenvalue weighted by Gasteiger charge is 2.19. The first-order valence-electron chi connectivity index (χ1n) is 9.56. The maximum Gasteiger partial charge on any atom is 0.154 e. The van der Waals surface area contributed by atoms with Crippen LogP contribution in [0, 0.1) is 6.92 Å². The number of pyridine rings is 1. The Morgan fingerprint density at radius 3 is 2.70 bits per heavy atom. The Morgan fingerprint density at radius 1 is 1.07 bits per heavy atom. The number of hydrogen-bond donors (Lipinski definition) is 2. The summed E-state index contributed by atoms with van der Waals surface area (Å²) in [5.41, 5.74) is 9.24. The van der Waals surface area contributed by atoms with Crippen LogP contribution in [-0.2, 0) is 0 Å². The number of benzene rings is 1. The zero-order valence-corrected chi connectivity index (χ0v) is 15.6. The van der Waals surface area contributed by atoms with Crippen molar-refractivity contribution in [1.29, 1.82) is 0 Å². The summed E-state index contributed by atoms with van der Waals surface area (Å²) >= 11 is 0. The molecule has 5 heteroatoms. The van der Waals surface area contributed by atoms with Crippen molar-refractivity contribution in [3.8, 4) is 0 Å². The lowest BCUT2D eigenvalue weighted by atomic mass is 9.92. The van der Waals surface area contributed by atoms with Gasteiger partial charge in [0.2, 0.25) is 0 Å². The number of anilines is 1. The van der Waals surface area contributed by atoms with E-state index in [9.17, 15) is 0 Å². The first-order valence-corrected chi connectivity index (χ1v) is 9.56. The SMILES string of the molecule is Cc1ccc2nc(C=Cc3cccnc3)nc(NC3CCC(N)CC3)c2c1. The molecule has 138 valence electrons. The molecule has 1 aliphatic carbocycles. The fraction of sp³-hybridized carbons (Fsp3) is 0.318. The number of nitrogens with two attached hydrogens (primary N) is 1. The van der Waals surface area contributed by atoms with E-state index in [0.29, 0.717) is 17.9 Å². The fourth-order valence-corrected chi connectivity index (χ4v) is 3.55. The molecular weight excluding hydrogens is 334 g/mol. The van der Waals surface area contributed by atoms with Crippen LogP contribution in [0.3, 0.4) is 0 Å². The van der Waals surface area contributed by atoms with Crippen molar-refractivity contribution in [2.75, 3.05) is 5.32 Å². The van der Waals surface area contributed by atoms with E-state index in [1.54, 1.807) is 6.20 Å². The van der Waals surface area contributed by atoms with Gasteiger partial charge in [-0.25, -0.2) is 9.97 Å². The standard InChI is InChI=1S/C22H25N5/c1-15-4-10-20-19(13-15)22(25-18-8-6-17(23)7-9-18)27-21(26-20)11-5-16-3-2-12-24-14-16/h2-5,10-14,17-18H,6-9,23H2,1H3,(H,25,26,27). The van der Waals surface area contributed by atoms with Gasteiger partial charge >= 0.3 is 0 Å². The quantitative estimate of drug-likeness (QED) is 0.730. The van der Waals surface area contributed by atoms with Crippen molar-refractivity contribution in [2.45, 2.75) is 44.7 Å². The van der Waals surface area contributed by atoms with Crippen molar-refractivity contribution in [1.82, 2.24) is 15.0 Å². The summed E-state index contributed by atoms with van der Waals surface area (Å²) in [5, 5.41) is 4.73. The van der Waals surface area contributed by atoms with Crippen LogP contribution in [-0.4, -0.2) is 27.0 Å². The van der Waals surface area contributed by atoms with E-state index < -0.39 is 0 Å². The van der Waals surface area contributed by atoms with E-state index in [2.05, 4.69) is 35.4 Å². The average Bonchev–Trinajstić information content (AvgIpc) is 2.69. The van der Waals surface area contributed by atoms with E-state index in [1.165, 1.54) is 5.56 Å². The van der Waals surface area contributed by atoms with Gasteiger partial charge < -0.3 is 11.1 Å². The zero-order chi connectivity index (χ0) is 18.6. The maximum atomic E-state index is 6.05. The third kappa shape index (κ3) is 4.31. The second-order valence-electron chi connectivity index (χ2n) is 7.33. The molecule has 0 amide bonds. The van der Waals surface area contributed by atoms with Crippen LogP contribution in [0.25, 0.3) is 23.1 Å². The van der Waals surface area contributed by atoms with Gasteiger partial charge in [-0.3, -0.25) is 4.98 Å². The van der Waals surface area contributed by atoms with Crippen LogP contribution >= 0.6 is 0 Å². The highest BCUT2D eigenvalue weighted by molar-refractivity contribution is 5.90. The van der Waals surface area contributed by atoms with Crippen LogP contribution in [0.2, 0.25) is 0 Å². The molecular formula is C22H25N5. The first-order chi connectivity index (χ1) is 13.2. The van der Waals surface area contributed by atoms with Crippen molar-refractivity contribution in [3.63, 3.8) is 0 Å². The van der Waals surface area contributed by atoms with Gasteiger partial charge in [-0.15, -0.1) is 0 Å². The molecule has 3 aromatic rings. The van der Waals surface area contributed by atoms with Crippen molar-refractivity contribution in [2.24, 2.45) is 5.73 Å². The van der Waals surface area contributed by atoms with Crippen LogP contribution in [0.15, 0.2) is 42.7 Å². The first kappa shape index (κ1) is 17.6. The Hall–Kier alpha value is -2.79. The van der Waals surface area contributed by atoms with Crippen molar-refractivity contribution >= 4 is 28.9 Å². The Labute approximate surface area is 159 Å². The summed E-state index contributed by atoms with van der Waals surface area (Å²) in [6, 6.07) is 11.0. The Balaban J connectivity index is 1.67. The molecule has 2 heterocycles. The summed E-state index contributed by atoms with van der Waals surface area (Å²) in [6.45, 7) is 2.10. The van der Waals surface area contributed by atoms with Crippen molar-refractivity contribution < 1.29 is 0 Å². The predicted molar refractivity (Wildman–Crippen MR) is 111 cm³/mol. The number of aryl methyl sites for hydroxylation is 1. The lowest BCUT2D eigenvalue weighted by molar-refractivity contribution is 0.410. The molecule has 5 nitrogen and oxygen atoms in total. The molecule has 1 aliphatic rings. The molecule has 0 unspecified atom stereocenters. The monoisotopic (exact) mass is 359 g/mol. The van der Waals surface area contributed by atoms with Crippen LogP contribution in [0.5, 0.6) is 0 Å². The van der Waals surface area contributed by atoms with Gasteiger partial charge in [-0.2, -0.15) is 0 Å². The fourth-order valence-electron chi connectivity index (χ4n) is 3.55. The molecule has 1 fully saturated rings. The van der Waals surface area contributed by atoms with Gasteiger partial charge in [0.25, 0.3) is 0 Å². The minimum atomic E-state index is 0.338. The summed E-state index contributed by atoms with van der Waals surface area (Å²) < 4.78 is 0. The van der Waals surface area contributed by atoms with E-state index in [1.807, 2.05) is 30.5 Å². The predicted octanol–water partition coefficient (Wildman–Crippen LogP) is 4.19. The second-order valence-corrected chi connectivity index (χ2v) is 7.33. The third-order valence-electron chi connectivity index (χ3n) is 5.09. The molecule has 4 rings (SSSR count). The molecule has 2 aromatic heterocycles. The number of fused-ring (bicyclic) bond motifs is 1. The summed E-state index contributed by atoms with van der Waals surface area (Å²) in [7, 11) is 0. The summed E-state index contributed by atoms with van der Waals surface area (Å²) in [6.07, 6.45) is 11.8. The minimum absolute atomic E-state index is 0.338. The highest BCUT2D eigenvalue weighted by Crippen LogP contribution is 2.26. The molecule has 0 spiro atoms. The van der Waals surface area contributed by atoms with Crippen LogP contribution < -0.4 is 11.1 Å². The summed E-state index contributed by atoms with van der Waals surface area (Å²) in [5.74, 6) is 1.61. The second kappa shape index (κ2) is 7.84. The van der Waals surface area contributed by atoms with E-state index >= 15 is 0 Å². The lowest BCUT2D eigenvalue weighted by Gasteiger charge is -2.27. The average molecular weight is 359 g/mol. The molecule has 0 saturated heterocycles.